The fourth-order valence-corrected chi connectivity index (χ4v) is 1.39. The Morgan fingerprint density at radius 1 is 1.33 bits per heavy atom. The van der Waals surface area contributed by atoms with Gasteiger partial charge in [0.2, 0.25) is 0 Å². The molecule has 12 heavy (non-hydrogen) atoms. The summed E-state index contributed by atoms with van der Waals surface area (Å²) in [7, 11) is 0. The third-order valence-electron chi connectivity index (χ3n) is 2.36. The van der Waals surface area contributed by atoms with Crippen molar-refractivity contribution in [3.8, 4) is 0 Å². The standard InChI is InChI=1S/C12H18/c1-4-10(2)8-12-7-5-6-11(3)9-12/h5-7,9-10H,4,8H2,1-3H3/t10-/m0/s1. The van der Waals surface area contributed by atoms with E-state index in [1.54, 1.807) is 0 Å². The maximum absolute atomic E-state index is 2.31. The van der Waals surface area contributed by atoms with Gasteiger partial charge in [-0.05, 0) is 24.8 Å². The molecule has 0 saturated carbocycles. The Balaban J connectivity index is 2.63. The summed E-state index contributed by atoms with van der Waals surface area (Å²) in [6, 6.07) is 8.80. The predicted molar refractivity (Wildman–Crippen MR) is 54.3 cm³/mol. The number of benzene rings is 1. The van der Waals surface area contributed by atoms with Gasteiger partial charge in [-0.25, -0.2) is 0 Å². The van der Waals surface area contributed by atoms with Crippen LogP contribution >= 0.6 is 0 Å². The first-order valence-electron chi connectivity index (χ1n) is 4.78. The lowest BCUT2D eigenvalue weighted by Gasteiger charge is -2.08. The van der Waals surface area contributed by atoms with Crippen molar-refractivity contribution >= 4 is 0 Å². The zero-order valence-corrected chi connectivity index (χ0v) is 8.30. The summed E-state index contributed by atoms with van der Waals surface area (Å²) < 4.78 is 0. The summed E-state index contributed by atoms with van der Waals surface area (Å²) in [5.74, 6) is 0.812. The van der Waals surface area contributed by atoms with Crippen molar-refractivity contribution in [2.45, 2.75) is 33.6 Å². The van der Waals surface area contributed by atoms with Gasteiger partial charge in [0, 0.05) is 0 Å². The van der Waals surface area contributed by atoms with Crippen LogP contribution < -0.4 is 0 Å². The average Bonchev–Trinajstić information content (AvgIpc) is 2.04. The number of aryl methyl sites for hydroxylation is 1. The summed E-state index contributed by atoms with van der Waals surface area (Å²) in [4.78, 5) is 0. The van der Waals surface area contributed by atoms with Crippen LogP contribution in [0, 0.1) is 12.8 Å². The zero-order valence-electron chi connectivity index (χ0n) is 8.30. The summed E-state index contributed by atoms with van der Waals surface area (Å²) in [6.07, 6.45) is 2.49. The van der Waals surface area contributed by atoms with Gasteiger partial charge in [-0.2, -0.15) is 0 Å². The largest absolute Gasteiger partial charge is 0.0651 e. The molecule has 0 aromatic heterocycles. The molecule has 0 radical (unpaired) electrons. The van der Waals surface area contributed by atoms with Crippen molar-refractivity contribution in [2.24, 2.45) is 5.92 Å². The molecule has 0 aliphatic heterocycles. The molecule has 0 nitrogen and oxygen atoms in total. The highest BCUT2D eigenvalue weighted by molar-refractivity contribution is 5.22. The van der Waals surface area contributed by atoms with E-state index in [0.29, 0.717) is 0 Å². The molecular formula is C12H18. The fraction of sp³-hybridized carbons (Fsp3) is 0.500. The lowest BCUT2D eigenvalue weighted by atomic mass is 9.98. The number of rotatable bonds is 3. The highest BCUT2D eigenvalue weighted by Gasteiger charge is 1.99. The molecule has 1 aromatic carbocycles. The van der Waals surface area contributed by atoms with E-state index in [1.165, 1.54) is 24.0 Å². The van der Waals surface area contributed by atoms with Gasteiger partial charge in [0.15, 0.2) is 0 Å². The SMILES string of the molecule is CC[C@H](C)Cc1cccc(C)c1. The Hall–Kier alpha value is -0.780. The Morgan fingerprint density at radius 3 is 2.67 bits per heavy atom. The summed E-state index contributed by atoms with van der Waals surface area (Å²) in [5, 5.41) is 0. The van der Waals surface area contributed by atoms with Crippen molar-refractivity contribution in [3.63, 3.8) is 0 Å². The first kappa shape index (κ1) is 9.31. The Labute approximate surface area is 75.6 Å². The van der Waals surface area contributed by atoms with Crippen LogP contribution in [0.3, 0.4) is 0 Å². The van der Waals surface area contributed by atoms with Gasteiger partial charge in [0.05, 0.1) is 0 Å². The molecule has 0 spiro atoms. The van der Waals surface area contributed by atoms with Crippen molar-refractivity contribution in [1.29, 1.82) is 0 Å². The average molecular weight is 162 g/mol. The van der Waals surface area contributed by atoms with Crippen molar-refractivity contribution in [2.75, 3.05) is 0 Å². The monoisotopic (exact) mass is 162 g/mol. The van der Waals surface area contributed by atoms with E-state index >= 15 is 0 Å². The van der Waals surface area contributed by atoms with Crippen LogP contribution in [0.4, 0.5) is 0 Å². The predicted octanol–water partition coefficient (Wildman–Crippen LogP) is 3.58. The second-order valence-corrected chi connectivity index (χ2v) is 3.71. The first-order chi connectivity index (χ1) is 5.72. The van der Waals surface area contributed by atoms with Gasteiger partial charge in [-0.3, -0.25) is 0 Å². The van der Waals surface area contributed by atoms with Crippen LogP contribution in [0.1, 0.15) is 31.4 Å². The van der Waals surface area contributed by atoms with Gasteiger partial charge >= 0.3 is 0 Å². The van der Waals surface area contributed by atoms with Crippen LogP contribution in [-0.4, -0.2) is 0 Å². The molecule has 66 valence electrons. The molecule has 1 atom stereocenters. The normalized spacial score (nSPS) is 12.9. The number of hydrogen-bond acceptors (Lipinski definition) is 0. The molecular weight excluding hydrogens is 144 g/mol. The Kier molecular flexibility index (Phi) is 3.33. The van der Waals surface area contributed by atoms with E-state index in [0.717, 1.165) is 5.92 Å². The molecule has 0 bridgehead atoms. The second kappa shape index (κ2) is 4.30. The van der Waals surface area contributed by atoms with Gasteiger partial charge < -0.3 is 0 Å². The van der Waals surface area contributed by atoms with Crippen molar-refractivity contribution in [3.05, 3.63) is 35.4 Å². The molecule has 1 rings (SSSR count). The smallest absolute Gasteiger partial charge is 0.0253 e. The molecule has 0 N–H and O–H groups in total. The van der Waals surface area contributed by atoms with Crippen molar-refractivity contribution in [1.82, 2.24) is 0 Å². The molecule has 0 aliphatic carbocycles. The lowest BCUT2D eigenvalue weighted by Crippen LogP contribution is -1.97. The Morgan fingerprint density at radius 2 is 2.08 bits per heavy atom. The van der Waals surface area contributed by atoms with Gasteiger partial charge in [-0.1, -0.05) is 50.1 Å². The first-order valence-corrected chi connectivity index (χ1v) is 4.78. The summed E-state index contributed by atoms with van der Waals surface area (Å²) in [5.41, 5.74) is 2.85. The number of hydrogen-bond donors (Lipinski definition) is 0. The molecule has 0 unspecified atom stereocenters. The minimum Gasteiger partial charge on any atom is -0.0651 e. The van der Waals surface area contributed by atoms with Crippen LogP contribution in [0.15, 0.2) is 24.3 Å². The molecule has 0 heteroatoms. The van der Waals surface area contributed by atoms with Crippen LogP contribution in [0.25, 0.3) is 0 Å². The topological polar surface area (TPSA) is 0 Å². The molecule has 0 amide bonds. The third-order valence-corrected chi connectivity index (χ3v) is 2.36. The fourth-order valence-electron chi connectivity index (χ4n) is 1.39. The van der Waals surface area contributed by atoms with E-state index < -0.39 is 0 Å². The molecule has 0 heterocycles. The zero-order chi connectivity index (χ0) is 8.97. The Bertz CT molecular complexity index is 238. The minimum absolute atomic E-state index is 0.812. The summed E-state index contributed by atoms with van der Waals surface area (Å²) >= 11 is 0. The van der Waals surface area contributed by atoms with Crippen molar-refractivity contribution < 1.29 is 0 Å². The molecule has 0 aliphatic rings. The molecule has 0 fully saturated rings. The van der Waals surface area contributed by atoms with Crippen LogP contribution in [0.2, 0.25) is 0 Å². The van der Waals surface area contributed by atoms with Crippen LogP contribution in [-0.2, 0) is 6.42 Å². The van der Waals surface area contributed by atoms with E-state index in [1.807, 2.05) is 0 Å². The van der Waals surface area contributed by atoms with E-state index in [-0.39, 0.29) is 0 Å². The van der Waals surface area contributed by atoms with E-state index in [2.05, 4.69) is 45.0 Å². The second-order valence-electron chi connectivity index (χ2n) is 3.71. The highest BCUT2D eigenvalue weighted by Crippen LogP contribution is 2.12. The highest BCUT2D eigenvalue weighted by atomic mass is 14.1. The van der Waals surface area contributed by atoms with E-state index in [4.69, 9.17) is 0 Å². The quantitative estimate of drug-likeness (QED) is 0.637. The van der Waals surface area contributed by atoms with Crippen LogP contribution in [0.5, 0.6) is 0 Å². The van der Waals surface area contributed by atoms with Gasteiger partial charge in [0.25, 0.3) is 0 Å². The van der Waals surface area contributed by atoms with E-state index in [9.17, 15) is 0 Å². The molecule has 0 saturated heterocycles. The minimum atomic E-state index is 0.812. The maximum Gasteiger partial charge on any atom is -0.0253 e. The molecule has 1 aromatic rings. The van der Waals surface area contributed by atoms with Gasteiger partial charge in [-0.15, -0.1) is 0 Å². The maximum atomic E-state index is 2.31. The van der Waals surface area contributed by atoms with Gasteiger partial charge in [0.1, 0.15) is 0 Å². The third kappa shape index (κ3) is 2.69. The lowest BCUT2D eigenvalue weighted by molar-refractivity contribution is 0.560. The summed E-state index contributed by atoms with van der Waals surface area (Å²) in [6.45, 7) is 6.71.